The van der Waals surface area contributed by atoms with E-state index in [0.29, 0.717) is 28.4 Å². The van der Waals surface area contributed by atoms with Gasteiger partial charge in [0, 0.05) is 28.3 Å². The van der Waals surface area contributed by atoms with Crippen LogP contribution in [0, 0.1) is 6.92 Å². The van der Waals surface area contributed by atoms with Crippen LogP contribution in [0.2, 0.25) is 0 Å². The Hall–Kier alpha value is -4.32. The summed E-state index contributed by atoms with van der Waals surface area (Å²) in [6.45, 7) is 1.98. The number of hydrogen-bond donors (Lipinski definition) is 0. The molecule has 0 N–H and O–H groups in total. The predicted octanol–water partition coefficient (Wildman–Crippen LogP) is 5.56. The smallest absolute Gasteiger partial charge is 0.262 e. The van der Waals surface area contributed by atoms with Crippen LogP contribution in [0.4, 0.5) is 0 Å². The first-order valence-electron chi connectivity index (χ1n) is 10.7. The van der Waals surface area contributed by atoms with Gasteiger partial charge in [0.05, 0.1) is 26.8 Å². The number of para-hydroxylation sites is 1. The molecule has 0 atom stereocenters. The second kappa shape index (κ2) is 9.67. The van der Waals surface area contributed by atoms with E-state index in [0.717, 1.165) is 22.0 Å². The highest BCUT2D eigenvalue weighted by Crippen LogP contribution is 2.38. The van der Waals surface area contributed by atoms with E-state index >= 15 is 0 Å². The molecule has 0 amide bonds. The number of nitrogens with zero attached hydrogens (tertiary/aromatic N) is 1. The van der Waals surface area contributed by atoms with Gasteiger partial charge in [-0.15, -0.1) is 0 Å². The lowest BCUT2D eigenvalue weighted by atomic mass is 10.1. The number of hydrogen-bond acceptors (Lipinski definition) is 5. The molecular formula is C28H25NO5. The highest BCUT2D eigenvalue weighted by molar-refractivity contribution is 6.09. The topological polar surface area (TPSA) is 66.8 Å². The van der Waals surface area contributed by atoms with Crippen LogP contribution in [0.15, 0.2) is 72.9 Å². The summed E-state index contributed by atoms with van der Waals surface area (Å²) in [5.41, 5.74) is 3.60. The number of benzene rings is 3. The quantitative estimate of drug-likeness (QED) is 0.270. The van der Waals surface area contributed by atoms with E-state index in [1.807, 2.05) is 55.5 Å². The zero-order chi connectivity index (χ0) is 24.2. The highest BCUT2D eigenvalue weighted by atomic mass is 16.5. The second-order valence-corrected chi connectivity index (χ2v) is 7.75. The summed E-state index contributed by atoms with van der Waals surface area (Å²) in [5, 5.41) is 0.872. The summed E-state index contributed by atoms with van der Waals surface area (Å²) < 4.78 is 17.6. The summed E-state index contributed by atoms with van der Waals surface area (Å²) in [6, 6.07) is 18.3. The third-order valence-electron chi connectivity index (χ3n) is 5.62. The third-order valence-corrected chi connectivity index (χ3v) is 5.62. The fraction of sp³-hybridized carbons (Fsp3) is 0.143. The van der Waals surface area contributed by atoms with Gasteiger partial charge in [0.25, 0.3) is 5.91 Å². The molecule has 4 rings (SSSR count). The molecule has 0 saturated heterocycles. The standard InChI is InChI=1S/C28H25NO5/c1-18-9-11-19(12-10-18)28(31)29-17-20(22-7-5-6-8-23(22)29)13-14-24(30)21-15-25(32-2)27(34-4)26(16-21)33-3/h5-17H,1-4H3. The number of carbonyl (C=O) groups excluding carboxylic acids is 2. The van der Waals surface area contributed by atoms with Crippen LogP contribution < -0.4 is 14.2 Å². The molecule has 0 unspecified atom stereocenters. The van der Waals surface area contributed by atoms with Gasteiger partial charge in [0.2, 0.25) is 5.75 Å². The monoisotopic (exact) mass is 455 g/mol. The van der Waals surface area contributed by atoms with Crippen molar-refractivity contribution in [3.05, 3.63) is 95.2 Å². The van der Waals surface area contributed by atoms with Crippen LogP contribution in [0.1, 0.15) is 31.8 Å². The molecule has 172 valence electrons. The molecule has 0 aliphatic heterocycles. The Kier molecular flexibility index (Phi) is 6.50. The molecule has 0 aliphatic rings. The Morgan fingerprint density at radius 3 is 2.09 bits per heavy atom. The van der Waals surface area contributed by atoms with Gasteiger partial charge in [-0.1, -0.05) is 35.9 Å². The normalized spacial score (nSPS) is 11.1. The Morgan fingerprint density at radius 2 is 1.47 bits per heavy atom. The van der Waals surface area contributed by atoms with Gasteiger partial charge in [-0.25, -0.2) is 0 Å². The summed E-state index contributed by atoms with van der Waals surface area (Å²) in [7, 11) is 4.51. The molecule has 1 aromatic heterocycles. The largest absolute Gasteiger partial charge is 0.493 e. The first kappa shape index (κ1) is 22.9. The molecule has 0 aliphatic carbocycles. The minimum Gasteiger partial charge on any atom is -0.493 e. The van der Waals surface area contributed by atoms with Crippen molar-refractivity contribution in [2.24, 2.45) is 0 Å². The van der Waals surface area contributed by atoms with Crippen LogP contribution >= 0.6 is 0 Å². The lowest BCUT2D eigenvalue weighted by Crippen LogP contribution is -2.10. The van der Waals surface area contributed by atoms with Gasteiger partial charge in [0.1, 0.15) is 0 Å². The van der Waals surface area contributed by atoms with Crippen LogP contribution in [-0.2, 0) is 0 Å². The average molecular weight is 456 g/mol. The van der Waals surface area contributed by atoms with Gasteiger partial charge < -0.3 is 14.2 Å². The number of ketones is 1. The maximum atomic E-state index is 13.2. The molecule has 0 fully saturated rings. The molecule has 6 nitrogen and oxygen atoms in total. The number of fused-ring (bicyclic) bond motifs is 1. The number of aromatic nitrogens is 1. The van der Waals surface area contributed by atoms with E-state index in [-0.39, 0.29) is 11.7 Å². The van der Waals surface area contributed by atoms with E-state index in [9.17, 15) is 9.59 Å². The second-order valence-electron chi connectivity index (χ2n) is 7.75. The van der Waals surface area contributed by atoms with E-state index in [4.69, 9.17) is 14.2 Å². The Labute approximate surface area is 198 Å². The fourth-order valence-corrected chi connectivity index (χ4v) is 3.83. The molecule has 34 heavy (non-hydrogen) atoms. The van der Waals surface area contributed by atoms with Crippen LogP contribution in [0.5, 0.6) is 17.2 Å². The SMILES string of the molecule is COc1cc(C(=O)C=Cc2cn(C(=O)c3ccc(C)cc3)c3ccccc23)cc(OC)c1OC. The van der Waals surface area contributed by atoms with E-state index in [2.05, 4.69) is 0 Å². The number of allylic oxidation sites excluding steroid dienone is 1. The summed E-state index contributed by atoms with van der Waals surface area (Å²) in [4.78, 5) is 26.1. The Balaban J connectivity index is 1.70. The Morgan fingerprint density at radius 1 is 0.824 bits per heavy atom. The molecular weight excluding hydrogens is 430 g/mol. The van der Waals surface area contributed by atoms with Crippen LogP contribution in [0.3, 0.4) is 0 Å². The maximum absolute atomic E-state index is 13.2. The minimum atomic E-state index is -0.235. The van der Waals surface area contributed by atoms with Gasteiger partial charge in [-0.05, 0) is 49.4 Å². The van der Waals surface area contributed by atoms with Gasteiger partial charge in [0.15, 0.2) is 17.3 Å². The van der Waals surface area contributed by atoms with Gasteiger partial charge in [-0.3, -0.25) is 14.2 Å². The van der Waals surface area contributed by atoms with E-state index in [1.54, 1.807) is 29.0 Å². The van der Waals surface area contributed by atoms with Crippen molar-refractivity contribution >= 4 is 28.7 Å². The molecule has 3 aromatic carbocycles. The van der Waals surface area contributed by atoms with Crippen molar-refractivity contribution in [2.45, 2.75) is 6.92 Å². The van der Waals surface area contributed by atoms with E-state index < -0.39 is 0 Å². The van der Waals surface area contributed by atoms with Crippen LogP contribution in [0.25, 0.3) is 17.0 Å². The lowest BCUT2D eigenvalue weighted by Gasteiger charge is -2.13. The average Bonchev–Trinajstić information content (AvgIpc) is 3.25. The third kappa shape index (κ3) is 4.30. The zero-order valence-electron chi connectivity index (χ0n) is 19.5. The highest BCUT2D eigenvalue weighted by Gasteiger charge is 2.17. The van der Waals surface area contributed by atoms with Gasteiger partial charge >= 0.3 is 0 Å². The molecule has 0 spiro atoms. The zero-order valence-corrected chi connectivity index (χ0v) is 19.5. The van der Waals surface area contributed by atoms with Crippen LogP contribution in [-0.4, -0.2) is 37.6 Å². The number of ether oxygens (including phenoxy) is 3. The van der Waals surface area contributed by atoms with Crippen molar-refractivity contribution < 1.29 is 23.8 Å². The van der Waals surface area contributed by atoms with Crippen molar-refractivity contribution in [1.29, 1.82) is 0 Å². The molecule has 1 heterocycles. The van der Waals surface area contributed by atoms with Crippen molar-refractivity contribution in [3.63, 3.8) is 0 Å². The summed E-state index contributed by atoms with van der Waals surface area (Å²) in [6.07, 6.45) is 4.95. The summed E-state index contributed by atoms with van der Waals surface area (Å²) >= 11 is 0. The minimum absolute atomic E-state index is 0.133. The first-order chi connectivity index (χ1) is 16.5. The molecule has 6 heteroatoms. The lowest BCUT2D eigenvalue weighted by molar-refractivity contribution is 0.0964. The first-order valence-corrected chi connectivity index (χ1v) is 10.7. The number of carbonyl (C=O) groups is 2. The van der Waals surface area contributed by atoms with E-state index in [1.165, 1.54) is 27.4 Å². The molecule has 4 aromatic rings. The fourth-order valence-electron chi connectivity index (χ4n) is 3.83. The number of methoxy groups -OCH3 is 3. The van der Waals surface area contributed by atoms with Crippen molar-refractivity contribution in [1.82, 2.24) is 4.57 Å². The molecule has 0 bridgehead atoms. The van der Waals surface area contributed by atoms with Crippen molar-refractivity contribution in [2.75, 3.05) is 21.3 Å². The molecule has 0 saturated carbocycles. The molecule has 0 radical (unpaired) electrons. The maximum Gasteiger partial charge on any atom is 0.262 e. The van der Waals surface area contributed by atoms with Crippen molar-refractivity contribution in [3.8, 4) is 17.2 Å². The summed E-state index contributed by atoms with van der Waals surface area (Å²) in [5.74, 6) is 0.855. The van der Waals surface area contributed by atoms with Gasteiger partial charge in [-0.2, -0.15) is 0 Å². The number of aryl methyl sites for hydroxylation is 1. The number of rotatable bonds is 7. The predicted molar refractivity (Wildman–Crippen MR) is 132 cm³/mol. The Bertz CT molecular complexity index is 1370.